The van der Waals surface area contributed by atoms with E-state index in [1.807, 2.05) is 25.3 Å². The Morgan fingerprint density at radius 3 is 2.83 bits per heavy atom. The van der Waals surface area contributed by atoms with E-state index >= 15 is 0 Å². The third-order valence-corrected chi connectivity index (χ3v) is 3.11. The fourth-order valence-electron chi connectivity index (χ4n) is 2.19. The molecule has 1 saturated heterocycles. The van der Waals surface area contributed by atoms with Crippen molar-refractivity contribution >= 4 is 0 Å². The molecule has 2 atom stereocenters. The highest BCUT2D eigenvalue weighted by atomic mass is 16.5. The summed E-state index contributed by atoms with van der Waals surface area (Å²) in [5.74, 6) is 0.650. The van der Waals surface area contributed by atoms with E-state index < -0.39 is 6.10 Å². The second kappa shape index (κ2) is 6.13. The van der Waals surface area contributed by atoms with Crippen molar-refractivity contribution in [2.24, 2.45) is 0 Å². The van der Waals surface area contributed by atoms with Gasteiger partial charge in [0.25, 0.3) is 0 Å². The number of aliphatic hydroxyl groups is 1. The molecule has 1 aliphatic rings. The van der Waals surface area contributed by atoms with Crippen molar-refractivity contribution in [3.8, 4) is 5.88 Å². The van der Waals surface area contributed by atoms with Crippen LogP contribution in [0.3, 0.4) is 0 Å². The second-order valence-corrected chi connectivity index (χ2v) is 4.47. The summed E-state index contributed by atoms with van der Waals surface area (Å²) in [7, 11) is 1.63. The van der Waals surface area contributed by atoms with Crippen LogP contribution in [0.5, 0.6) is 5.88 Å². The van der Waals surface area contributed by atoms with Crippen molar-refractivity contribution in [1.82, 2.24) is 9.88 Å². The van der Waals surface area contributed by atoms with Gasteiger partial charge in [-0.05, 0) is 12.5 Å². The van der Waals surface area contributed by atoms with E-state index in [1.54, 1.807) is 7.11 Å². The Kier molecular flexibility index (Phi) is 4.52. The first-order valence-electron chi connectivity index (χ1n) is 6.24. The van der Waals surface area contributed by atoms with Crippen molar-refractivity contribution in [2.75, 3.05) is 26.8 Å². The van der Waals surface area contributed by atoms with Crippen LogP contribution >= 0.6 is 0 Å². The van der Waals surface area contributed by atoms with Crippen LogP contribution in [0.15, 0.2) is 18.3 Å². The number of aliphatic hydroxyl groups excluding tert-OH is 1. The van der Waals surface area contributed by atoms with Gasteiger partial charge in [0.2, 0.25) is 5.88 Å². The average molecular weight is 252 g/mol. The predicted molar refractivity (Wildman–Crippen MR) is 67.5 cm³/mol. The van der Waals surface area contributed by atoms with Gasteiger partial charge in [0, 0.05) is 39.0 Å². The average Bonchev–Trinajstić information content (AvgIpc) is 2.72. The van der Waals surface area contributed by atoms with Crippen molar-refractivity contribution in [3.63, 3.8) is 0 Å². The number of likely N-dealkylation sites (tertiary alicyclic amines) is 1. The number of aromatic nitrogens is 1. The van der Waals surface area contributed by atoms with Crippen LogP contribution in [0.4, 0.5) is 0 Å². The fraction of sp³-hybridized carbons (Fsp3) is 0.615. The zero-order chi connectivity index (χ0) is 13.0. The SMILES string of the molecule is CCOc1ccc(CN2C[C@H](OC)[C@@H](O)C2)cn1. The molecule has 0 unspecified atom stereocenters. The minimum Gasteiger partial charge on any atom is -0.478 e. The number of rotatable bonds is 5. The summed E-state index contributed by atoms with van der Waals surface area (Å²) in [5, 5.41) is 9.75. The summed E-state index contributed by atoms with van der Waals surface area (Å²) in [6.07, 6.45) is 1.34. The van der Waals surface area contributed by atoms with E-state index in [0.29, 0.717) is 19.0 Å². The molecule has 1 fully saturated rings. The minimum atomic E-state index is -0.398. The lowest BCUT2D eigenvalue weighted by Crippen LogP contribution is -2.25. The molecule has 0 spiro atoms. The maximum atomic E-state index is 9.75. The van der Waals surface area contributed by atoms with Gasteiger partial charge in [0.15, 0.2) is 0 Å². The first kappa shape index (κ1) is 13.3. The van der Waals surface area contributed by atoms with Crippen molar-refractivity contribution in [2.45, 2.75) is 25.7 Å². The molecule has 2 heterocycles. The van der Waals surface area contributed by atoms with E-state index in [4.69, 9.17) is 9.47 Å². The molecule has 0 bridgehead atoms. The normalized spacial score (nSPS) is 24.4. The van der Waals surface area contributed by atoms with Crippen LogP contribution in [0, 0.1) is 0 Å². The number of β-amino-alcohol motifs (C(OH)–C–C–N with tert-alkyl or cyclic N) is 1. The van der Waals surface area contributed by atoms with Gasteiger partial charge in [-0.25, -0.2) is 4.98 Å². The monoisotopic (exact) mass is 252 g/mol. The summed E-state index contributed by atoms with van der Waals surface area (Å²) >= 11 is 0. The quantitative estimate of drug-likeness (QED) is 0.835. The minimum absolute atomic E-state index is 0.0827. The van der Waals surface area contributed by atoms with Crippen molar-refractivity contribution in [1.29, 1.82) is 0 Å². The van der Waals surface area contributed by atoms with E-state index in [9.17, 15) is 5.11 Å². The molecule has 18 heavy (non-hydrogen) atoms. The summed E-state index contributed by atoms with van der Waals surface area (Å²) in [4.78, 5) is 6.39. The van der Waals surface area contributed by atoms with Crippen LogP contribution < -0.4 is 4.74 Å². The topological polar surface area (TPSA) is 54.8 Å². The number of methoxy groups -OCH3 is 1. The Hall–Kier alpha value is -1.17. The van der Waals surface area contributed by atoms with Gasteiger partial charge in [-0.1, -0.05) is 6.07 Å². The lowest BCUT2D eigenvalue weighted by molar-refractivity contribution is 0.0215. The van der Waals surface area contributed by atoms with Crippen LogP contribution in [0.25, 0.3) is 0 Å². The van der Waals surface area contributed by atoms with E-state index in [2.05, 4.69) is 9.88 Å². The fourth-order valence-corrected chi connectivity index (χ4v) is 2.19. The molecule has 0 radical (unpaired) electrons. The molecular weight excluding hydrogens is 232 g/mol. The van der Waals surface area contributed by atoms with Crippen LogP contribution in [0.2, 0.25) is 0 Å². The molecule has 5 nitrogen and oxygen atoms in total. The molecule has 0 aliphatic carbocycles. The third kappa shape index (κ3) is 3.19. The summed E-state index contributed by atoms with van der Waals surface area (Å²) < 4.78 is 10.5. The van der Waals surface area contributed by atoms with E-state index in [-0.39, 0.29) is 6.10 Å². The number of nitrogens with zero attached hydrogens (tertiary/aromatic N) is 2. The number of pyridine rings is 1. The number of hydrogen-bond acceptors (Lipinski definition) is 5. The maximum absolute atomic E-state index is 9.75. The van der Waals surface area contributed by atoms with Crippen LogP contribution in [-0.2, 0) is 11.3 Å². The Bertz CT molecular complexity index is 369. The van der Waals surface area contributed by atoms with Crippen molar-refractivity contribution in [3.05, 3.63) is 23.9 Å². The third-order valence-electron chi connectivity index (χ3n) is 3.11. The van der Waals surface area contributed by atoms with Gasteiger partial charge < -0.3 is 14.6 Å². The van der Waals surface area contributed by atoms with Gasteiger partial charge >= 0.3 is 0 Å². The highest BCUT2D eigenvalue weighted by Crippen LogP contribution is 2.16. The summed E-state index contributed by atoms with van der Waals surface area (Å²) in [6, 6.07) is 3.88. The Balaban J connectivity index is 1.90. The number of ether oxygens (including phenoxy) is 2. The molecule has 0 aromatic carbocycles. The molecule has 100 valence electrons. The summed E-state index contributed by atoms with van der Waals surface area (Å²) in [5.41, 5.74) is 1.11. The molecule has 1 N–H and O–H groups in total. The highest BCUT2D eigenvalue weighted by molar-refractivity contribution is 5.18. The zero-order valence-electron chi connectivity index (χ0n) is 10.9. The molecule has 0 amide bonds. The maximum Gasteiger partial charge on any atom is 0.213 e. The highest BCUT2D eigenvalue weighted by Gasteiger charge is 2.30. The van der Waals surface area contributed by atoms with E-state index in [0.717, 1.165) is 18.7 Å². The molecule has 1 aliphatic heterocycles. The first-order chi connectivity index (χ1) is 8.72. The zero-order valence-corrected chi connectivity index (χ0v) is 10.9. The Morgan fingerprint density at radius 1 is 1.44 bits per heavy atom. The standard InChI is InChI=1S/C13H20N2O3/c1-3-18-13-5-4-10(6-14-13)7-15-8-11(16)12(9-15)17-2/h4-6,11-12,16H,3,7-9H2,1-2H3/t11-,12-/m0/s1. The Labute approximate surface area is 107 Å². The molecule has 0 saturated carbocycles. The molecule has 1 aromatic heterocycles. The van der Waals surface area contributed by atoms with Gasteiger partial charge in [-0.15, -0.1) is 0 Å². The molecule has 1 aromatic rings. The first-order valence-corrected chi connectivity index (χ1v) is 6.24. The molecule has 5 heteroatoms. The smallest absolute Gasteiger partial charge is 0.213 e. The summed E-state index contributed by atoms with van der Waals surface area (Å²) in [6.45, 7) is 4.74. The van der Waals surface area contributed by atoms with Crippen LogP contribution in [0.1, 0.15) is 12.5 Å². The van der Waals surface area contributed by atoms with E-state index in [1.165, 1.54) is 0 Å². The lowest BCUT2D eigenvalue weighted by Gasteiger charge is -2.15. The lowest BCUT2D eigenvalue weighted by atomic mass is 10.2. The number of hydrogen-bond donors (Lipinski definition) is 1. The van der Waals surface area contributed by atoms with Crippen LogP contribution in [-0.4, -0.2) is 54.0 Å². The Morgan fingerprint density at radius 2 is 2.28 bits per heavy atom. The van der Waals surface area contributed by atoms with Gasteiger partial charge in [-0.2, -0.15) is 0 Å². The van der Waals surface area contributed by atoms with Gasteiger partial charge in [0.1, 0.15) is 0 Å². The molecular formula is C13H20N2O3. The second-order valence-electron chi connectivity index (χ2n) is 4.47. The predicted octanol–water partition coefficient (Wildman–Crippen LogP) is 0.672. The molecule has 2 rings (SSSR count). The van der Waals surface area contributed by atoms with Crippen molar-refractivity contribution < 1.29 is 14.6 Å². The van der Waals surface area contributed by atoms with Gasteiger partial charge in [0.05, 0.1) is 18.8 Å². The largest absolute Gasteiger partial charge is 0.478 e. The van der Waals surface area contributed by atoms with Gasteiger partial charge in [-0.3, -0.25) is 4.90 Å².